The molecule has 2 bridgehead atoms. The summed E-state index contributed by atoms with van der Waals surface area (Å²) in [6.45, 7) is 10.9. The van der Waals surface area contributed by atoms with Crippen molar-refractivity contribution in [1.82, 2.24) is 0 Å². The second-order valence-corrected chi connectivity index (χ2v) is 6.98. The molecule has 2 aliphatic rings. The molecule has 0 radical (unpaired) electrons. The van der Waals surface area contributed by atoms with Crippen LogP contribution in [0.4, 0.5) is 0 Å². The molecule has 1 saturated carbocycles. The van der Waals surface area contributed by atoms with Gasteiger partial charge in [-0.1, -0.05) is 37.6 Å². The van der Waals surface area contributed by atoms with Crippen LogP contribution in [0, 0.1) is 5.92 Å². The summed E-state index contributed by atoms with van der Waals surface area (Å²) in [6, 6.07) is 6.88. The number of allylic oxidation sites excluding steroid dienone is 1. The van der Waals surface area contributed by atoms with Crippen LogP contribution in [0.3, 0.4) is 0 Å². The van der Waals surface area contributed by atoms with Gasteiger partial charge in [0.25, 0.3) is 0 Å². The van der Waals surface area contributed by atoms with Crippen LogP contribution in [0.15, 0.2) is 30.4 Å². The lowest BCUT2D eigenvalue weighted by Crippen LogP contribution is -2.44. The largest absolute Gasteiger partial charge is 0.487 e. The standard InChI is InChI=1S/C19H26O/c1-5-6-14-7-8-16-17-12-19(4,20-18(16)11-14)10-9-15(17)13(2)3/h7-8,11,15,17H,2,5-6,9-10,12H2,1,3-4H3. The predicted molar refractivity (Wildman–Crippen MR) is 84.4 cm³/mol. The molecule has 1 aromatic carbocycles. The van der Waals surface area contributed by atoms with Crippen LogP contribution in [0.5, 0.6) is 5.75 Å². The highest BCUT2D eigenvalue weighted by Crippen LogP contribution is 2.53. The lowest BCUT2D eigenvalue weighted by Gasteiger charge is -2.48. The van der Waals surface area contributed by atoms with Crippen LogP contribution in [0.25, 0.3) is 0 Å². The molecule has 3 atom stereocenters. The van der Waals surface area contributed by atoms with Gasteiger partial charge in [0.15, 0.2) is 0 Å². The minimum Gasteiger partial charge on any atom is -0.487 e. The van der Waals surface area contributed by atoms with Gasteiger partial charge in [0.05, 0.1) is 0 Å². The molecule has 20 heavy (non-hydrogen) atoms. The predicted octanol–water partition coefficient (Wildman–Crippen LogP) is 5.25. The number of aryl methyl sites for hydroxylation is 1. The second kappa shape index (κ2) is 4.95. The molecule has 1 heteroatoms. The van der Waals surface area contributed by atoms with Crippen molar-refractivity contribution in [2.24, 2.45) is 5.92 Å². The van der Waals surface area contributed by atoms with Crippen molar-refractivity contribution in [2.75, 3.05) is 0 Å². The van der Waals surface area contributed by atoms with Crippen molar-refractivity contribution in [2.45, 2.75) is 64.4 Å². The third kappa shape index (κ3) is 2.28. The van der Waals surface area contributed by atoms with Crippen molar-refractivity contribution in [1.29, 1.82) is 0 Å². The maximum atomic E-state index is 6.38. The fourth-order valence-corrected chi connectivity index (χ4v) is 4.06. The zero-order valence-electron chi connectivity index (χ0n) is 13.0. The van der Waals surface area contributed by atoms with E-state index < -0.39 is 0 Å². The van der Waals surface area contributed by atoms with Gasteiger partial charge in [-0.15, -0.1) is 0 Å². The number of ether oxygens (including phenoxy) is 1. The van der Waals surface area contributed by atoms with Gasteiger partial charge in [0.2, 0.25) is 0 Å². The van der Waals surface area contributed by atoms with E-state index in [0.29, 0.717) is 11.8 Å². The third-order valence-corrected chi connectivity index (χ3v) is 5.13. The number of benzene rings is 1. The Morgan fingerprint density at radius 1 is 1.45 bits per heavy atom. The average molecular weight is 270 g/mol. The Bertz CT molecular complexity index is 531. The van der Waals surface area contributed by atoms with E-state index in [2.05, 4.69) is 45.5 Å². The summed E-state index contributed by atoms with van der Waals surface area (Å²) in [5.41, 5.74) is 4.19. The molecule has 0 saturated heterocycles. The molecule has 1 aromatic rings. The van der Waals surface area contributed by atoms with Crippen molar-refractivity contribution < 1.29 is 4.74 Å². The first-order valence-electron chi connectivity index (χ1n) is 7.99. The Hall–Kier alpha value is -1.24. The van der Waals surface area contributed by atoms with Crippen LogP contribution in [-0.2, 0) is 6.42 Å². The Morgan fingerprint density at radius 3 is 2.95 bits per heavy atom. The highest BCUT2D eigenvalue weighted by Gasteiger charge is 2.44. The summed E-state index contributed by atoms with van der Waals surface area (Å²) in [7, 11) is 0. The zero-order valence-corrected chi connectivity index (χ0v) is 13.0. The summed E-state index contributed by atoms with van der Waals surface area (Å²) in [5, 5.41) is 0. The normalized spacial score (nSPS) is 31.4. The molecule has 3 rings (SSSR count). The van der Waals surface area contributed by atoms with Gasteiger partial charge in [-0.25, -0.2) is 0 Å². The van der Waals surface area contributed by atoms with E-state index in [9.17, 15) is 0 Å². The molecular formula is C19H26O. The van der Waals surface area contributed by atoms with Crippen molar-refractivity contribution in [3.05, 3.63) is 41.5 Å². The Labute approximate surface area is 123 Å². The zero-order chi connectivity index (χ0) is 14.3. The summed E-state index contributed by atoms with van der Waals surface area (Å²) in [6.07, 6.45) is 5.84. The van der Waals surface area contributed by atoms with Gasteiger partial charge >= 0.3 is 0 Å². The highest BCUT2D eigenvalue weighted by atomic mass is 16.5. The maximum Gasteiger partial charge on any atom is 0.123 e. The number of hydrogen-bond donors (Lipinski definition) is 0. The highest BCUT2D eigenvalue weighted by molar-refractivity contribution is 5.44. The van der Waals surface area contributed by atoms with Crippen LogP contribution < -0.4 is 4.74 Å². The molecule has 1 aliphatic heterocycles. The summed E-state index contributed by atoms with van der Waals surface area (Å²) >= 11 is 0. The molecule has 0 spiro atoms. The molecule has 0 amide bonds. The lowest BCUT2D eigenvalue weighted by atomic mass is 9.66. The molecule has 1 aliphatic carbocycles. The first-order valence-corrected chi connectivity index (χ1v) is 7.99. The summed E-state index contributed by atoms with van der Waals surface area (Å²) in [4.78, 5) is 0. The van der Waals surface area contributed by atoms with Gasteiger partial charge in [-0.2, -0.15) is 0 Å². The van der Waals surface area contributed by atoms with Crippen LogP contribution in [-0.4, -0.2) is 5.60 Å². The van der Waals surface area contributed by atoms with Gasteiger partial charge in [-0.3, -0.25) is 0 Å². The minimum atomic E-state index is 0.0362. The quantitative estimate of drug-likeness (QED) is 0.682. The van der Waals surface area contributed by atoms with Gasteiger partial charge in [-0.05, 0) is 68.6 Å². The number of rotatable bonds is 3. The molecule has 108 valence electrons. The van der Waals surface area contributed by atoms with E-state index in [1.807, 2.05) is 0 Å². The smallest absolute Gasteiger partial charge is 0.123 e. The van der Waals surface area contributed by atoms with Crippen molar-refractivity contribution >= 4 is 0 Å². The maximum absolute atomic E-state index is 6.38. The lowest BCUT2D eigenvalue weighted by molar-refractivity contribution is 0.00726. The van der Waals surface area contributed by atoms with E-state index in [0.717, 1.165) is 25.0 Å². The molecule has 1 heterocycles. The summed E-state index contributed by atoms with van der Waals surface area (Å²) in [5.74, 6) is 2.37. The fraction of sp³-hybridized carbons (Fsp3) is 0.579. The van der Waals surface area contributed by atoms with Gasteiger partial charge in [0, 0.05) is 0 Å². The Morgan fingerprint density at radius 2 is 2.25 bits per heavy atom. The van der Waals surface area contributed by atoms with Gasteiger partial charge in [0.1, 0.15) is 11.4 Å². The first kappa shape index (κ1) is 13.7. The van der Waals surface area contributed by atoms with E-state index in [1.165, 1.54) is 29.5 Å². The van der Waals surface area contributed by atoms with Crippen molar-refractivity contribution in [3.63, 3.8) is 0 Å². The molecule has 1 fully saturated rings. The number of hydrogen-bond acceptors (Lipinski definition) is 1. The SMILES string of the molecule is C=C(C)C1CCC2(C)CC1c1ccc(CCC)cc1O2. The van der Waals surface area contributed by atoms with Crippen LogP contribution >= 0.6 is 0 Å². The van der Waals surface area contributed by atoms with Crippen LogP contribution in [0.2, 0.25) is 0 Å². The molecule has 0 N–H and O–H groups in total. The Balaban J connectivity index is 2.01. The molecular weight excluding hydrogens is 244 g/mol. The van der Waals surface area contributed by atoms with E-state index in [4.69, 9.17) is 4.74 Å². The van der Waals surface area contributed by atoms with E-state index in [1.54, 1.807) is 0 Å². The minimum absolute atomic E-state index is 0.0362. The summed E-state index contributed by atoms with van der Waals surface area (Å²) < 4.78 is 6.38. The number of fused-ring (bicyclic) bond motifs is 4. The average Bonchev–Trinajstić information content (AvgIpc) is 2.37. The first-order chi connectivity index (χ1) is 9.52. The molecule has 0 aromatic heterocycles. The second-order valence-electron chi connectivity index (χ2n) is 6.98. The monoisotopic (exact) mass is 270 g/mol. The van der Waals surface area contributed by atoms with E-state index >= 15 is 0 Å². The topological polar surface area (TPSA) is 9.23 Å². The third-order valence-electron chi connectivity index (χ3n) is 5.13. The van der Waals surface area contributed by atoms with Gasteiger partial charge < -0.3 is 4.74 Å². The molecule has 1 nitrogen and oxygen atoms in total. The Kier molecular flexibility index (Phi) is 3.40. The molecule has 3 unspecified atom stereocenters. The van der Waals surface area contributed by atoms with E-state index in [-0.39, 0.29) is 5.60 Å². The van der Waals surface area contributed by atoms with Crippen molar-refractivity contribution in [3.8, 4) is 5.75 Å². The fourth-order valence-electron chi connectivity index (χ4n) is 4.06. The van der Waals surface area contributed by atoms with Crippen LogP contribution in [0.1, 0.15) is 63.5 Å².